The highest BCUT2D eigenvalue weighted by atomic mass is 32.2. The molecule has 1 N–H and O–H groups in total. The standard InChI is InChI=1S/C27H31N3O3S/c1-29(25-8-4-2-5-9-25)34(32,33)26-16-14-24(15-17-26)27(31)28-20-22-10-12-23(13-11-22)21-30-18-6-3-7-19-30/h2,4-5,8-17H,3,6-7,18-21H2,1H3,(H,28,31). The van der Waals surface area contributed by atoms with Crippen LogP contribution in [0.5, 0.6) is 0 Å². The number of likely N-dealkylation sites (tertiary alicyclic amines) is 1. The number of nitrogens with one attached hydrogen (secondary N) is 1. The van der Waals surface area contributed by atoms with E-state index in [0.717, 1.165) is 12.1 Å². The van der Waals surface area contributed by atoms with E-state index in [0.29, 0.717) is 17.8 Å². The van der Waals surface area contributed by atoms with E-state index in [1.807, 2.05) is 6.07 Å². The van der Waals surface area contributed by atoms with Crippen LogP contribution >= 0.6 is 0 Å². The first-order valence-corrected chi connectivity index (χ1v) is 13.1. The summed E-state index contributed by atoms with van der Waals surface area (Å²) in [5.74, 6) is -0.238. The van der Waals surface area contributed by atoms with Crippen molar-refractivity contribution in [3.63, 3.8) is 0 Å². The summed E-state index contributed by atoms with van der Waals surface area (Å²) in [5.41, 5.74) is 3.31. The van der Waals surface area contributed by atoms with E-state index in [9.17, 15) is 13.2 Å². The third-order valence-electron chi connectivity index (χ3n) is 6.23. The fourth-order valence-electron chi connectivity index (χ4n) is 4.14. The second kappa shape index (κ2) is 10.8. The zero-order chi connectivity index (χ0) is 24.0. The normalized spacial score (nSPS) is 14.5. The molecule has 0 saturated carbocycles. The Morgan fingerprint density at radius 3 is 2.12 bits per heavy atom. The summed E-state index contributed by atoms with van der Waals surface area (Å²) in [6.45, 7) is 3.72. The number of rotatable bonds is 8. The van der Waals surface area contributed by atoms with Gasteiger partial charge in [-0.15, -0.1) is 0 Å². The van der Waals surface area contributed by atoms with Crippen molar-refractivity contribution in [3.8, 4) is 0 Å². The van der Waals surface area contributed by atoms with Crippen LogP contribution in [0.25, 0.3) is 0 Å². The number of carbonyl (C=O) groups is 1. The molecule has 0 bridgehead atoms. The molecule has 0 atom stereocenters. The van der Waals surface area contributed by atoms with Crippen LogP contribution in [0.3, 0.4) is 0 Å². The van der Waals surface area contributed by atoms with Crippen molar-refractivity contribution < 1.29 is 13.2 Å². The third-order valence-corrected chi connectivity index (χ3v) is 8.03. The molecule has 3 aromatic carbocycles. The summed E-state index contributed by atoms with van der Waals surface area (Å²) < 4.78 is 27.0. The topological polar surface area (TPSA) is 69.7 Å². The smallest absolute Gasteiger partial charge is 0.264 e. The second-order valence-electron chi connectivity index (χ2n) is 8.67. The highest BCUT2D eigenvalue weighted by Crippen LogP contribution is 2.22. The van der Waals surface area contributed by atoms with Gasteiger partial charge in [-0.25, -0.2) is 8.42 Å². The van der Waals surface area contributed by atoms with Crippen LogP contribution in [-0.2, 0) is 23.1 Å². The molecule has 1 aliphatic rings. The molecule has 0 unspecified atom stereocenters. The Kier molecular flexibility index (Phi) is 7.65. The van der Waals surface area contributed by atoms with Crippen molar-refractivity contribution in [2.24, 2.45) is 0 Å². The van der Waals surface area contributed by atoms with E-state index in [4.69, 9.17) is 0 Å². The summed E-state index contributed by atoms with van der Waals surface area (Å²) in [5, 5.41) is 2.91. The van der Waals surface area contributed by atoms with E-state index in [2.05, 4.69) is 34.5 Å². The number of hydrogen-bond donors (Lipinski definition) is 1. The quantitative estimate of drug-likeness (QED) is 0.521. The predicted octanol–water partition coefficient (Wildman–Crippen LogP) is 4.43. The average molecular weight is 478 g/mol. The number of sulfonamides is 1. The van der Waals surface area contributed by atoms with E-state index in [1.165, 1.54) is 61.4 Å². The zero-order valence-electron chi connectivity index (χ0n) is 19.5. The molecular formula is C27H31N3O3S. The number of nitrogens with zero attached hydrogens (tertiary/aromatic N) is 2. The fourth-order valence-corrected chi connectivity index (χ4v) is 5.33. The molecule has 1 heterocycles. The Hall–Kier alpha value is -3.16. The molecule has 4 rings (SSSR count). The molecular weight excluding hydrogens is 446 g/mol. The minimum absolute atomic E-state index is 0.139. The molecule has 178 valence electrons. The van der Waals surface area contributed by atoms with Crippen molar-refractivity contribution in [1.82, 2.24) is 10.2 Å². The lowest BCUT2D eigenvalue weighted by atomic mass is 10.1. The molecule has 6 nitrogen and oxygen atoms in total. The molecule has 1 fully saturated rings. The van der Waals surface area contributed by atoms with Gasteiger partial charge in [-0.05, 0) is 73.5 Å². The van der Waals surface area contributed by atoms with E-state index >= 15 is 0 Å². The number of hydrogen-bond acceptors (Lipinski definition) is 4. The van der Waals surface area contributed by atoms with Crippen LogP contribution in [0.15, 0.2) is 83.8 Å². The maximum absolute atomic E-state index is 12.9. The van der Waals surface area contributed by atoms with Crippen LogP contribution in [0.4, 0.5) is 5.69 Å². The highest BCUT2D eigenvalue weighted by molar-refractivity contribution is 7.92. The maximum atomic E-state index is 12.9. The van der Waals surface area contributed by atoms with Gasteiger partial charge in [0.2, 0.25) is 0 Å². The first kappa shape index (κ1) is 24.0. The molecule has 34 heavy (non-hydrogen) atoms. The third kappa shape index (κ3) is 5.85. The van der Waals surface area contributed by atoms with Gasteiger partial charge in [-0.1, -0.05) is 48.9 Å². The average Bonchev–Trinajstić information content (AvgIpc) is 2.89. The van der Waals surface area contributed by atoms with Crippen molar-refractivity contribution in [2.75, 3.05) is 24.4 Å². The summed E-state index contributed by atoms with van der Waals surface area (Å²) in [6.07, 6.45) is 3.89. The predicted molar refractivity (Wildman–Crippen MR) is 135 cm³/mol. The van der Waals surface area contributed by atoms with Gasteiger partial charge in [0.1, 0.15) is 0 Å². The first-order valence-electron chi connectivity index (χ1n) is 11.7. The molecule has 3 aromatic rings. The number of anilines is 1. The van der Waals surface area contributed by atoms with Crippen LogP contribution in [0.2, 0.25) is 0 Å². The van der Waals surface area contributed by atoms with Gasteiger partial charge >= 0.3 is 0 Å². The Morgan fingerprint density at radius 2 is 1.47 bits per heavy atom. The van der Waals surface area contributed by atoms with Crippen LogP contribution < -0.4 is 9.62 Å². The van der Waals surface area contributed by atoms with E-state index in [1.54, 1.807) is 36.4 Å². The largest absolute Gasteiger partial charge is 0.348 e. The lowest BCUT2D eigenvalue weighted by Gasteiger charge is -2.26. The van der Waals surface area contributed by atoms with E-state index < -0.39 is 10.0 Å². The Morgan fingerprint density at radius 1 is 0.853 bits per heavy atom. The van der Waals surface area contributed by atoms with Crippen LogP contribution in [0.1, 0.15) is 40.7 Å². The van der Waals surface area contributed by atoms with Gasteiger partial charge < -0.3 is 5.32 Å². The summed E-state index contributed by atoms with van der Waals surface area (Å²) in [6, 6.07) is 23.3. The highest BCUT2D eigenvalue weighted by Gasteiger charge is 2.21. The lowest BCUT2D eigenvalue weighted by Crippen LogP contribution is -2.29. The number of para-hydroxylation sites is 1. The Bertz CT molecular complexity index is 1190. The maximum Gasteiger partial charge on any atom is 0.264 e. The SMILES string of the molecule is CN(c1ccccc1)S(=O)(=O)c1ccc(C(=O)NCc2ccc(CN3CCCCC3)cc2)cc1. The molecule has 0 aliphatic carbocycles. The lowest BCUT2D eigenvalue weighted by molar-refractivity contribution is 0.0951. The van der Waals surface area contributed by atoms with Crippen LogP contribution in [0, 0.1) is 0 Å². The van der Waals surface area contributed by atoms with Gasteiger partial charge in [-0.2, -0.15) is 0 Å². The summed E-state index contributed by atoms with van der Waals surface area (Å²) >= 11 is 0. The molecule has 7 heteroatoms. The van der Waals surface area contributed by atoms with Gasteiger partial charge in [0.05, 0.1) is 10.6 Å². The molecule has 1 saturated heterocycles. The molecule has 0 radical (unpaired) electrons. The minimum atomic E-state index is -3.71. The van der Waals surface area contributed by atoms with E-state index in [-0.39, 0.29) is 10.8 Å². The van der Waals surface area contributed by atoms with Gasteiger partial charge in [-0.3, -0.25) is 14.0 Å². The zero-order valence-corrected chi connectivity index (χ0v) is 20.3. The summed E-state index contributed by atoms with van der Waals surface area (Å²) in [4.78, 5) is 15.2. The van der Waals surface area contributed by atoms with Crippen LogP contribution in [-0.4, -0.2) is 39.4 Å². The first-order chi connectivity index (χ1) is 16.4. The van der Waals surface area contributed by atoms with Gasteiger partial charge in [0.15, 0.2) is 0 Å². The van der Waals surface area contributed by atoms with Crippen molar-refractivity contribution >= 4 is 21.6 Å². The number of carbonyl (C=O) groups excluding carboxylic acids is 1. The van der Waals surface area contributed by atoms with Gasteiger partial charge in [0, 0.05) is 25.7 Å². The number of piperidine rings is 1. The molecule has 0 aromatic heterocycles. The number of amides is 1. The molecule has 0 spiro atoms. The fraction of sp³-hybridized carbons (Fsp3) is 0.296. The Labute approximate surface area is 202 Å². The number of benzene rings is 3. The molecule has 1 aliphatic heterocycles. The van der Waals surface area contributed by atoms with Crippen molar-refractivity contribution in [1.29, 1.82) is 0 Å². The van der Waals surface area contributed by atoms with Crippen molar-refractivity contribution in [3.05, 3.63) is 95.6 Å². The molecule has 1 amide bonds. The Balaban J connectivity index is 1.33. The van der Waals surface area contributed by atoms with Crippen molar-refractivity contribution in [2.45, 2.75) is 37.2 Å². The van der Waals surface area contributed by atoms with Gasteiger partial charge in [0.25, 0.3) is 15.9 Å². The summed E-state index contributed by atoms with van der Waals surface area (Å²) in [7, 11) is -2.19. The monoisotopic (exact) mass is 477 g/mol. The second-order valence-corrected chi connectivity index (χ2v) is 10.6. The minimum Gasteiger partial charge on any atom is -0.348 e.